The van der Waals surface area contributed by atoms with Crippen molar-refractivity contribution in [2.45, 2.75) is 6.54 Å². The van der Waals surface area contributed by atoms with Crippen LogP contribution >= 0.6 is 11.6 Å². The van der Waals surface area contributed by atoms with Crippen LogP contribution in [-0.4, -0.2) is 25.2 Å². The van der Waals surface area contributed by atoms with Crippen LogP contribution < -0.4 is 0 Å². The Balaban J connectivity index is 2.34. The van der Waals surface area contributed by atoms with Crippen molar-refractivity contribution in [2.75, 3.05) is 0 Å². The first-order chi connectivity index (χ1) is 7.58. The molecule has 0 unspecified atom stereocenters. The summed E-state index contributed by atoms with van der Waals surface area (Å²) in [6, 6.07) is 1.42. The van der Waals surface area contributed by atoms with Crippen LogP contribution in [0.25, 0.3) is 0 Å². The number of carboxylic acids is 1. The SMILES string of the molecule is Cn1ccnc1Cn1cc(Cl)cc1C(=O)O. The van der Waals surface area contributed by atoms with E-state index in [0.29, 0.717) is 11.6 Å². The van der Waals surface area contributed by atoms with Gasteiger partial charge in [-0.15, -0.1) is 0 Å². The molecule has 84 valence electrons. The summed E-state index contributed by atoms with van der Waals surface area (Å²) in [6.07, 6.45) is 5.06. The van der Waals surface area contributed by atoms with E-state index in [1.807, 2.05) is 11.6 Å². The molecule has 0 bridgehead atoms. The Bertz CT molecular complexity index is 530. The Morgan fingerprint density at radius 2 is 2.38 bits per heavy atom. The van der Waals surface area contributed by atoms with E-state index in [0.717, 1.165) is 5.82 Å². The molecule has 0 atom stereocenters. The molecule has 0 aliphatic heterocycles. The summed E-state index contributed by atoms with van der Waals surface area (Å²) < 4.78 is 3.40. The van der Waals surface area contributed by atoms with Gasteiger partial charge in [-0.25, -0.2) is 9.78 Å². The van der Waals surface area contributed by atoms with Crippen LogP contribution in [0.15, 0.2) is 24.7 Å². The predicted molar refractivity (Wildman–Crippen MR) is 58.7 cm³/mol. The molecular weight excluding hydrogens is 230 g/mol. The molecule has 2 rings (SSSR count). The number of imidazole rings is 1. The number of halogens is 1. The number of aromatic nitrogens is 3. The number of aromatic carboxylic acids is 1. The van der Waals surface area contributed by atoms with E-state index in [9.17, 15) is 4.79 Å². The average molecular weight is 240 g/mol. The van der Waals surface area contributed by atoms with E-state index in [2.05, 4.69) is 4.98 Å². The molecule has 0 amide bonds. The van der Waals surface area contributed by atoms with Crippen LogP contribution in [0.1, 0.15) is 16.3 Å². The van der Waals surface area contributed by atoms with Gasteiger partial charge in [-0.2, -0.15) is 0 Å². The number of aryl methyl sites for hydroxylation is 1. The molecule has 0 aliphatic rings. The third-order valence-electron chi connectivity index (χ3n) is 2.32. The van der Waals surface area contributed by atoms with Crippen LogP contribution in [0.3, 0.4) is 0 Å². The molecule has 16 heavy (non-hydrogen) atoms. The van der Waals surface area contributed by atoms with Crippen LogP contribution in [0.5, 0.6) is 0 Å². The fourth-order valence-electron chi connectivity index (χ4n) is 1.49. The lowest BCUT2D eigenvalue weighted by atomic mass is 10.4. The molecule has 2 aromatic heterocycles. The van der Waals surface area contributed by atoms with E-state index >= 15 is 0 Å². The highest BCUT2D eigenvalue weighted by atomic mass is 35.5. The Kier molecular flexibility index (Phi) is 2.70. The third-order valence-corrected chi connectivity index (χ3v) is 2.52. The topological polar surface area (TPSA) is 60.0 Å². The van der Waals surface area contributed by atoms with Gasteiger partial charge in [0.2, 0.25) is 0 Å². The van der Waals surface area contributed by atoms with E-state index in [1.165, 1.54) is 6.07 Å². The fourth-order valence-corrected chi connectivity index (χ4v) is 1.71. The van der Waals surface area contributed by atoms with E-state index in [-0.39, 0.29) is 5.69 Å². The molecule has 0 aromatic carbocycles. The highest BCUT2D eigenvalue weighted by Crippen LogP contribution is 2.15. The quantitative estimate of drug-likeness (QED) is 0.886. The lowest BCUT2D eigenvalue weighted by Crippen LogP contribution is -2.11. The molecule has 1 N–H and O–H groups in total. The highest BCUT2D eigenvalue weighted by molar-refractivity contribution is 6.30. The van der Waals surface area contributed by atoms with Crippen molar-refractivity contribution in [2.24, 2.45) is 7.05 Å². The van der Waals surface area contributed by atoms with Crippen molar-refractivity contribution in [3.63, 3.8) is 0 Å². The van der Waals surface area contributed by atoms with Gasteiger partial charge in [0, 0.05) is 25.6 Å². The second-order valence-corrected chi connectivity index (χ2v) is 3.87. The number of carboxylic acid groups (broad SMARTS) is 1. The van der Waals surface area contributed by atoms with Gasteiger partial charge in [0.15, 0.2) is 0 Å². The van der Waals surface area contributed by atoms with E-state index < -0.39 is 5.97 Å². The number of rotatable bonds is 3. The highest BCUT2D eigenvalue weighted by Gasteiger charge is 2.13. The molecule has 0 saturated carbocycles. The second kappa shape index (κ2) is 4.02. The summed E-state index contributed by atoms with van der Waals surface area (Å²) in [5.74, 6) is -0.226. The van der Waals surface area contributed by atoms with Crippen molar-refractivity contribution in [1.29, 1.82) is 0 Å². The van der Waals surface area contributed by atoms with Gasteiger partial charge >= 0.3 is 5.97 Å². The van der Waals surface area contributed by atoms with Crippen LogP contribution in [0, 0.1) is 0 Å². The van der Waals surface area contributed by atoms with E-state index in [4.69, 9.17) is 16.7 Å². The zero-order valence-corrected chi connectivity index (χ0v) is 9.35. The largest absolute Gasteiger partial charge is 0.477 e. The lowest BCUT2D eigenvalue weighted by molar-refractivity contribution is 0.0685. The first-order valence-electron chi connectivity index (χ1n) is 4.63. The standard InChI is InChI=1S/C10H10ClN3O2/c1-13-3-2-12-9(13)6-14-5-7(11)4-8(14)10(15)16/h2-5H,6H2,1H3,(H,15,16). The van der Waals surface area contributed by atoms with Gasteiger partial charge in [-0.3, -0.25) is 0 Å². The van der Waals surface area contributed by atoms with Crippen molar-refractivity contribution in [3.05, 3.63) is 41.2 Å². The van der Waals surface area contributed by atoms with Gasteiger partial charge in [-0.1, -0.05) is 11.6 Å². The van der Waals surface area contributed by atoms with Gasteiger partial charge in [-0.05, 0) is 6.07 Å². The predicted octanol–water partition coefficient (Wildman–Crippen LogP) is 1.62. The molecule has 2 heterocycles. The fraction of sp³-hybridized carbons (Fsp3) is 0.200. The summed E-state index contributed by atoms with van der Waals surface area (Å²) >= 11 is 5.78. The summed E-state index contributed by atoms with van der Waals surface area (Å²) in [5, 5.41) is 9.38. The van der Waals surface area contributed by atoms with Gasteiger partial charge in [0.25, 0.3) is 0 Å². The smallest absolute Gasteiger partial charge is 0.352 e. The van der Waals surface area contributed by atoms with Gasteiger partial charge in [0.05, 0.1) is 11.6 Å². The number of hydrogen-bond acceptors (Lipinski definition) is 2. The Morgan fingerprint density at radius 3 is 2.94 bits per heavy atom. The van der Waals surface area contributed by atoms with Crippen LogP contribution in [-0.2, 0) is 13.6 Å². The Morgan fingerprint density at radius 1 is 1.62 bits per heavy atom. The summed E-state index contributed by atoms with van der Waals surface area (Å²) in [4.78, 5) is 15.1. The normalized spacial score (nSPS) is 10.6. The number of carbonyl (C=O) groups is 1. The van der Waals surface area contributed by atoms with Crippen molar-refractivity contribution < 1.29 is 9.90 Å². The first kappa shape index (κ1) is 10.8. The molecule has 6 heteroatoms. The maximum Gasteiger partial charge on any atom is 0.352 e. The molecule has 0 fully saturated rings. The zero-order chi connectivity index (χ0) is 11.7. The van der Waals surface area contributed by atoms with Crippen LogP contribution in [0.4, 0.5) is 0 Å². The maximum absolute atomic E-state index is 10.9. The zero-order valence-electron chi connectivity index (χ0n) is 8.59. The molecule has 0 saturated heterocycles. The third kappa shape index (κ3) is 1.94. The second-order valence-electron chi connectivity index (χ2n) is 3.43. The molecule has 0 spiro atoms. The first-order valence-corrected chi connectivity index (χ1v) is 5.01. The number of nitrogens with zero attached hydrogens (tertiary/aromatic N) is 3. The molecule has 0 aliphatic carbocycles. The van der Waals surface area contributed by atoms with E-state index in [1.54, 1.807) is 23.2 Å². The molecule has 2 aromatic rings. The minimum atomic E-state index is -0.999. The summed E-state index contributed by atoms with van der Waals surface area (Å²) in [6.45, 7) is 0.387. The van der Waals surface area contributed by atoms with Crippen molar-refractivity contribution in [3.8, 4) is 0 Å². The minimum Gasteiger partial charge on any atom is -0.477 e. The monoisotopic (exact) mass is 239 g/mol. The van der Waals surface area contributed by atoms with Gasteiger partial charge < -0.3 is 14.2 Å². The van der Waals surface area contributed by atoms with Crippen molar-refractivity contribution >= 4 is 17.6 Å². The average Bonchev–Trinajstić information content (AvgIpc) is 2.75. The Labute approximate surface area is 96.9 Å². The number of hydrogen-bond donors (Lipinski definition) is 1. The molecular formula is C10H10ClN3O2. The summed E-state index contributed by atoms with van der Waals surface area (Å²) in [5.41, 5.74) is 0.160. The summed E-state index contributed by atoms with van der Waals surface area (Å²) in [7, 11) is 1.86. The maximum atomic E-state index is 10.9. The molecule has 0 radical (unpaired) electrons. The van der Waals surface area contributed by atoms with Crippen LogP contribution in [0.2, 0.25) is 5.02 Å². The lowest BCUT2D eigenvalue weighted by Gasteiger charge is -2.05. The van der Waals surface area contributed by atoms with Crippen molar-refractivity contribution in [1.82, 2.24) is 14.1 Å². The molecule has 5 nitrogen and oxygen atoms in total. The Hall–Kier alpha value is -1.75. The minimum absolute atomic E-state index is 0.160. The van der Waals surface area contributed by atoms with Gasteiger partial charge in [0.1, 0.15) is 11.5 Å².